The molecule has 1 aliphatic rings. The van der Waals surface area contributed by atoms with Crippen LogP contribution < -0.4 is 10.6 Å². The lowest BCUT2D eigenvalue weighted by molar-refractivity contribution is -0.119. The third kappa shape index (κ3) is 2.86. The van der Waals surface area contributed by atoms with Crippen molar-refractivity contribution in [1.29, 1.82) is 0 Å². The number of nitrogens with one attached hydrogen (secondary N) is 2. The van der Waals surface area contributed by atoms with E-state index in [1.807, 2.05) is 0 Å². The number of thiophene rings is 1. The zero-order chi connectivity index (χ0) is 13.1. The van der Waals surface area contributed by atoms with Crippen LogP contribution in [-0.2, 0) is 4.79 Å². The topological polar surface area (TPSA) is 95.5 Å². The highest BCUT2D eigenvalue weighted by atomic mass is 32.1. The van der Waals surface area contributed by atoms with E-state index in [1.165, 1.54) is 12.1 Å². The summed E-state index contributed by atoms with van der Waals surface area (Å²) in [4.78, 5) is 33.8. The summed E-state index contributed by atoms with van der Waals surface area (Å²) in [6.45, 7) is 0.366. The number of amides is 2. The van der Waals surface area contributed by atoms with Gasteiger partial charge < -0.3 is 15.7 Å². The van der Waals surface area contributed by atoms with E-state index in [-0.39, 0.29) is 22.7 Å². The average Bonchev–Trinajstić information content (AvgIpc) is 2.94. The van der Waals surface area contributed by atoms with Crippen molar-refractivity contribution in [2.24, 2.45) is 0 Å². The summed E-state index contributed by atoms with van der Waals surface area (Å²) >= 11 is 0.933. The fourth-order valence-corrected chi connectivity index (χ4v) is 2.47. The van der Waals surface area contributed by atoms with Crippen molar-refractivity contribution in [3.8, 4) is 0 Å². The summed E-state index contributed by atoms with van der Waals surface area (Å²) < 4.78 is 0. The van der Waals surface area contributed by atoms with Crippen LogP contribution >= 0.6 is 11.3 Å². The minimum absolute atomic E-state index is 0.00136. The molecule has 2 rings (SSSR count). The molecule has 1 fully saturated rings. The predicted octanol–water partition coefficient (Wildman–Crippen LogP) is 0.455. The summed E-state index contributed by atoms with van der Waals surface area (Å²) in [6, 6.07) is 2.86. The van der Waals surface area contributed by atoms with Crippen molar-refractivity contribution >= 4 is 29.1 Å². The first-order chi connectivity index (χ1) is 8.56. The Labute approximate surface area is 107 Å². The van der Waals surface area contributed by atoms with Gasteiger partial charge in [-0.2, -0.15) is 0 Å². The summed E-state index contributed by atoms with van der Waals surface area (Å²) in [5, 5.41) is 14.2. The lowest BCUT2D eigenvalue weighted by Gasteiger charge is -2.10. The van der Waals surface area contributed by atoms with Crippen LogP contribution in [0.25, 0.3) is 0 Å². The molecule has 0 bridgehead atoms. The Morgan fingerprint density at radius 2 is 2.17 bits per heavy atom. The standard InChI is InChI=1S/C11H12N2O4S/c14-9-4-1-6(13-9)5-12-10(15)7-2-3-8(18-7)11(16)17/h2-3,6H,1,4-5H2,(H,12,15)(H,13,14)(H,16,17). The third-order valence-corrected chi connectivity index (χ3v) is 3.71. The second-order valence-electron chi connectivity index (χ2n) is 3.98. The summed E-state index contributed by atoms with van der Waals surface area (Å²) in [5.74, 6) is -1.35. The number of carbonyl (C=O) groups excluding carboxylic acids is 2. The second-order valence-corrected chi connectivity index (χ2v) is 5.07. The molecule has 96 valence electrons. The first-order valence-electron chi connectivity index (χ1n) is 5.47. The third-order valence-electron chi connectivity index (χ3n) is 2.63. The van der Waals surface area contributed by atoms with Gasteiger partial charge >= 0.3 is 5.97 Å². The van der Waals surface area contributed by atoms with Gasteiger partial charge in [-0.1, -0.05) is 0 Å². The molecule has 0 aromatic carbocycles. The van der Waals surface area contributed by atoms with Crippen molar-refractivity contribution < 1.29 is 19.5 Å². The zero-order valence-corrected chi connectivity index (χ0v) is 10.3. The van der Waals surface area contributed by atoms with Crippen LogP contribution in [0.2, 0.25) is 0 Å². The molecule has 3 N–H and O–H groups in total. The van der Waals surface area contributed by atoms with Gasteiger partial charge in [0, 0.05) is 19.0 Å². The van der Waals surface area contributed by atoms with Gasteiger partial charge in [-0.15, -0.1) is 11.3 Å². The maximum absolute atomic E-state index is 11.7. The summed E-state index contributed by atoms with van der Waals surface area (Å²) in [6.07, 6.45) is 1.20. The molecular weight excluding hydrogens is 256 g/mol. The molecule has 0 aliphatic carbocycles. The molecule has 1 aromatic heterocycles. The quantitative estimate of drug-likeness (QED) is 0.739. The van der Waals surface area contributed by atoms with Gasteiger partial charge in [-0.3, -0.25) is 9.59 Å². The normalized spacial score (nSPS) is 18.4. The van der Waals surface area contributed by atoms with Gasteiger partial charge in [0.25, 0.3) is 5.91 Å². The molecule has 2 heterocycles. The maximum atomic E-state index is 11.7. The van der Waals surface area contributed by atoms with Crippen LogP contribution in [0, 0.1) is 0 Å². The molecule has 7 heteroatoms. The summed E-state index contributed by atoms with van der Waals surface area (Å²) in [7, 11) is 0. The van der Waals surface area contributed by atoms with E-state index in [1.54, 1.807) is 0 Å². The van der Waals surface area contributed by atoms with E-state index >= 15 is 0 Å². The molecule has 1 saturated heterocycles. The van der Waals surface area contributed by atoms with Gasteiger partial charge in [0.15, 0.2) is 0 Å². The number of carbonyl (C=O) groups is 3. The predicted molar refractivity (Wildman–Crippen MR) is 64.8 cm³/mol. The summed E-state index contributed by atoms with van der Waals surface area (Å²) in [5.41, 5.74) is 0. The number of aromatic carboxylic acids is 1. The number of carboxylic acid groups (broad SMARTS) is 1. The van der Waals surface area contributed by atoms with Crippen molar-refractivity contribution in [3.63, 3.8) is 0 Å². The van der Waals surface area contributed by atoms with E-state index in [9.17, 15) is 14.4 Å². The molecule has 0 radical (unpaired) electrons. The largest absolute Gasteiger partial charge is 0.477 e. The molecule has 1 aliphatic heterocycles. The highest BCUT2D eigenvalue weighted by Crippen LogP contribution is 2.16. The SMILES string of the molecule is O=C1CCC(CNC(=O)c2ccc(C(=O)O)s2)N1. The maximum Gasteiger partial charge on any atom is 0.345 e. The highest BCUT2D eigenvalue weighted by Gasteiger charge is 2.21. The molecule has 0 saturated carbocycles. The fourth-order valence-electron chi connectivity index (χ4n) is 1.71. The van der Waals surface area contributed by atoms with Crippen molar-refractivity contribution in [2.75, 3.05) is 6.54 Å². The Bertz CT molecular complexity index is 497. The molecule has 0 spiro atoms. The molecule has 6 nitrogen and oxygen atoms in total. The monoisotopic (exact) mass is 268 g/mol. The van der Waals surface area contributed by atoms with Gasteiger partial charge in [0.1, 0.15) is 4.88 Å². The Morgan fingerprint density at radius 3 is 2.72 bits per heavy atom. The Hall–Kier alpha value is -1.89. The lowest BCUT2D eigenvalue weighted by Crippen LogP contribution is -2.38. The zero-order valence-electron chi connectivity index (χ0n) is 9.43. The highest BCUT2D eigenvalue weighted by molar-refractivity contribution is 7.15. The van der Waals surface area contributed by atoms with Crippen molar-refractivity contribution in [3.05, 3.63) is 21.9 Å². The van der Waals surface area contributed by atoms with E-state index < -0.39 is 5.97 Å². The smallest absolute Gasteiger partial charge is 0.345 e. The van der Waals surface area contributed by atoms with Crippen LogP contribution in [0.4, 0.5) is 0 Å². The number of carboxylic acids is 1. The first kappa shape index (κ1) is 12.6. The molecular formula is C11H12N2O4S. The van der Waals surface area contributed by atoms with Gasteiger partial charge in [0.05, 0.1) is 4.88 Å². The van der Waals surface area contributed by atoms with Gasteiger partial charge in [-0.25, -0.2) is 4.79 Å². The van der Waals surface area contributed by atoms with E-state index in [2.05, 4.69) is 10.6 Å². The van der Waals surface area contributed by atoms with Crippen molar-refractivity contribution in [2.45, 2.75) is 18.9 Å². The van der Waals surface area contributed by atoms with Crippen LogP contribution in [-0.4, -0.2) is 35.5 Å². The van der Waals surface area contributed by atoms with E-state index in [4.69, 9.17) is 5.11 Å². The van der Waals surface area contributed by atoms with Crippen LogP contribution in [0.1, 0.15) is 32.2 Å². The molecule has 1 unspecified atom stereocenters. The minimum atomic E-state index is -1.04. The Kier molecular flexibility index (Phi) is 3.61. The van der Waals surface area contributed by atoms with E-state index in [0.717, 1.165) is 11.3 Å². The lowest BCUT2D eigenvalue weighted by atomic mass is 10.2. The average molecular weight is 268 g/mol. The number of hydrogen-bond acceptors (Lipinski definition) is 4. The van der Waals surface area contributed by atoms with E-state index in [0.29, 0.717) is 24.3 Å². The second kappa shape index (κ2) is 5.18. The number of rotatable bonds is 4. The Balaban J connectivity index is 1.87. The van der Waals surface area contributed by atoms with Gasteiger partial charge in [-0.05, 0) is 18.6 Å². The van der Waals surface area contributed by atoms with Crippen molar-refractivity contribution in [1.82, 2.24) is 10.6 Å². The number of hydrogen-bond donors (Lipinski definition) is 3. The van der Waals surface area contributed by atoms with Gasteiger partial charge in [0.2, 0.25) is 5.91 Å². The fraction of sp³-hybridized carbons (Fsp3) is 0.364. The van der Waals surface area contributed by atoms with Crippen LogP contribution in [0.15, 0.2) is 12.1 Å². The van der Waals surface area contributed by atoms with Crippen LogP contribution in [0.3, 0.4) is 0 Å². The molecule has 1 aromatic rings. The molecule has 18 heavy (non-hydrogen) atoms. The Morgan fingerprint density at radius 1 is 1.44 bits per heavy atom. The first-order valence-corrected chi connectivity index (χ1v) is 6.28. The molecule has 1 atom stereocenters. The minimum Gasteiger partial charge on any atom is -0.477 e. The van der Waals surface area contributed by atoms with Crippen LogP contribution in [0.5, 0.6) is 0 Å². The molecule has 2 amide bonds.